The van der Waals surface area contributed by atoms with Crippen LogP contribution in [0.4, 0.5) is 0 Å². The Hall–Kier alpha value is -0.860. The molecule has 0 atom stereocenters. The van der Waals surface area contributed by atoms with E-state index in [2.05, 4.69) is 12.1 Å². The van der Waals surface area contributed by atoms with Crippen molar-refractivity contribution in [2.75, 3.05) is 6.61 Å². The average Bonchev–Trinajstić information content (AvgIpc) is 2.55. The van der Waals surface area contributed by atoms with E-state index in [-0.39, 0.29) is 0 Å². The minimum atomic E-state index is 0.780. The molecule has 0 aromatic heterocycles. The molecule has 14 heavy (non-hydrogen) atoms. The molecule has 0 aliphatic carbocycles. The SMILES string of the molecule is c1cc2c(c3c1COCCC3)COC2. The maximum Gasteiger partial charge on any atom is 0.0727 e. The predicted molar refractivity (Wildman–Crippen MR) is 52.9 cm³/mol. The summed E-state index contributed by atoms with van der Waals surface area (Å²) in [5.74, 6) is 0. The highest BCUT2D eigenvalue weighted by molar-refractivity contribution is 5.42. The summed E-state index contributed by atoms with van der Waals surface area (Å²) < 4.78 is 11.0. The van der Waals surface area contributed by atoms with Crippen LogP contribution >= 0.6 is 0 Å². The summed E-state index contributed by atoms with van der Waals surface area (Å²) in [6.45, 7) is 3.27. The fraction of sp³-hybridized carbons (Fsp3) is 0.500. The second kappa shape index (κ2) is 3.37. The van der Waals surface area contributed by atoms with Crippen molar-refractivity contribution in [2.45, 2.75) is 32.7 Å². The molecule has 0 bridgehead atoms. The van der Waals surface area contributed by atoms with Crippen LogP contribution in [0.2, 0.25) is 0 Å². The Balaban J connectivity index is 2.11. The van der Waals surface area contributed by atoms with Crippen LogP contribution in [-0.4, -0.2) is 6.61 Å². The van der Waals surface area contributed by atoms with Gasteiger partial charge in [0.25, 0.3) is 0 Å². The molecule has 0 fully saturated rings. The molecule has 2 heteroatoms. The molecule has 74 valence electrons. The Kier molecular flexibility index (Phi) is 2.03. The Labute approximate surface area is 83.8 Å². The lowest BCUT2D eigenvalue weighted by molar-refractivity contribution is 0.125. The highest BCUT2D eigenvalue weighted by atomic mass is 16.5. The second-order valence-corrected chi connectivity index (χ2v) is 3.99. The van der Waals surface area contributed by atoms with Crippen molar-refractivity contribution in [2.24, 2.45) is 0 Å². The van der Waals surface area contributed by atoms with Gasteiger partial charge >= 0.3 is 0 Å². The zero-order chi connectivity index (χ0) is 9.38. The van der Waals surface area contributed by atoms with Crippen LogP contribution < -0.4 is 0 Å². The summed E-state index contributed by atoms with van der Waals surface area (Å²) >= 11 is 0. The first-order chi connectivity index (χ1) is 6.95. The smallest absolute Gasteiger partial charge is 0.0727 e. The maximum absolute atomic E-state index is 5.54. The quantitative estimate of drug-likeness (QED) is 0.624. The molecule has 2 nitrogen and oxygen atoms in total. The van der Waals surface area contributed by atoms with Gasteiger partial charge in [-0.15, -0.1) is 0 Å². The van der Waals surface area contributed by atoms with Crippen LogP contribution in [0.15, 0.2) is 12.1 Å². The lowest BCUT2D eigenvalue weighted by Crippen LogP contribution is -1.98. The maximum atomic E-state index is 5.54. The molecular weight excluding hydrogens is 176 g/mol. The normalized spacial score (nSPS) is 20.0. The van der Waals surface area contributed by atoms with Crippen molar-refractivity contribution in [1.29, 1.82) is 0 Å². The summed E-state index contributed by atoms with van der Waals surface area (Å²) in [6, 6.07) is 4.39. The van der Waals surface area contributed by atoms with Gasteiger partial charge in [-0.3, -0.25) is 0 Å². The van der Waals surface area contributed by atoms with E-state index >= 15 is 0 Å². The van der Waals surface area contributed by atoms with E-state index in [0.717, 1.165) is 39.3 Å². The lowest BCUT2D eigenvalue weighted by Gasteiger charge is -2.09. The second-order valence-electron chi connectivity index (χ2n) is 3.99. The minimum Gasteiger partial charge on any atom is -0.377 e. The fourth-order valence-corrected chi connectivity index (χ4v) is 2.35. The Morgan fingerprint density at radius 2 is 1.64 bits per heavy atom. The zero-order valence-corrected chi connectivity index (χ0v) is 8.21. The van der Waals surface area contributed by atoms with Crippen LogP contribution in [-0.2, 0) is 35.7 Å². The molecule has 0 saturated heterocycles. The number of hydrogen-bond donors (Lipinski definition) is 0. The van der Waals surface area contributed by atoms with E-state index in [1.165, 1.54) is 22.3 Å². The van der Waals surface area contributed by atoms with Crippen molar-refractivity contribution < 1.29 is 9.47 Å². The first-order valence-electron chi connectivity index (χ1n) is 5.23. The van der Waals surface area contributed by atoms with Crippen LogP contribution in [0.5, 0.6) is 0 Å². The number of hydrogen-bond acceptors (Lipinski definition) is 2. The van der Waals surface area contributed by atoms with E-state index in [0.29, 0.717) is 0 Å². The molecule has 1 aromatic rings. The van der Waals surface area contributed by atoms with Gasteiger partial charge in [0.15, 0.2) is 0 Å². The third kappa shape index (κ3) is 1.26. The minimum absolute atomic E-state index is 0.780. The largest absolute Gasteiger partial charge is 0.377 e. The summed E-state index contributed by atoms with van der Waals surface area (Å²) in [6.07, 6.45) is 2.30. The van der Waals surface area contributed by atoms with E-state index < -0.39 is 0 Å². The summed E-state index contributed by atoms with van der Waals surface area (Å²) in [5.41, 5.74) is 5.68. The van der Waals surface area contributed by atoms with E-state index in [4.69, 9.17) is 9.47 Å². The lowest BCUT2D eigenvalue weighted by atomic mass is 9.95. The first kappa shape index (κ1) is 8.45. The zero-order valence-electron chi connectivity index (χ0n) is 8.21. The predicted octanol–water partition coefficient (Wildman–Crippen LogP) is 2.18. The van der Waals surface area contributed by atoms with Gasteiger partial charge < -0.3 is 9.47 Å². The highest BCUT2D eigenvalue weighted by Crippen LogP contribution is 2.29. The number of rotatable bonds is 0. The van der Waals surface area contributed by atoms with E-state index in [1.807, 2.05) is 0 Å². The molecule has 0 N–H and O–H groups in total. The Morgan fingerprint density at radius 3 is 2.57 bits per heavy atom. The molecule has 3 rings (SSSR count). The molecule has 0 spiro atoms. The topological polar surface area (TPSA) is 18.5 Å². The molecule has 0 amide bonds. The van der Waals surface area contributed by atoms with Gasteiger partial charge in [-0.2, -0.15) is 0 Å². The summed E-state index contributed by atoms with van der Waals surface area (Å²) in [7, 11) is 0. The van der Waals surface area contributed by atoms with Crippen molar-refractivity contribution in [1.82, 2.24) is 0 Å². The number of benzene rings is 1. The van der Waals surface area contributed by atoms with E-state index in [1.54, 1.807) is 0 Å². The molecule has 2 aliphatic heterocycles. The van der Waals surface area contributed by atoms with Gasteiger partial charge in [0, 0.05) is 6.61 Å². The Morgan fingerprint density at radius 1 is 0.857 bits per heavy atom. The molecule has 0 unspecified atom stereocenters. The van der Waals surface area contributed by atoms with Gasteiger partial charge in [-0.1, -0.05) is 12.1 Å². The molecule has 1 aromatic carbocycles. The number of ether oxygens (including phenoxy) is 2. The number of fused-ring (bicyclic) bond motifs is 3. The molecular formula is C12H14O2. The fourth-order valence-electron chi connectivity index (χ4n) is 2.35. The molecule has 0 radical (unpaired) electrons. The third-order valence-electron chi connectivity index (χ3n) is 3.10. The summed E-state index contributed by atoms with van der Waals surface area (Å²) in [4.78, 5) is 0. The van der Waals surface area contributed by atoms with Crippen molar-refractivity contribution >= 4 is 0 Å². The molecule has 2 heterocycles. The summed E-state index contributed by atoms with van der Waals surface area (Å²) in [5, 5.41) is 0. The van der Waals surface area contributed by atoms with Gasteiger partial charge in [-0.25, -0.2) is 0 Å². The van der Waals surface area contributed by atoms with Crippen molar-refractivity contribution in [3.8, 4) is 0 Å². The molecule has 0 saturated carbocycles. The van der Waals surface area contributed by atoms with Gasteiger partial charge in [0.1, 0.15) is 0 Å². The van der Waals surface area contributed by atoms with Crippen molar-refractivity contribution in [3.05, 3.63) is 34.4 Å². The van der Waals surface area contributed by atoms with Crippen LogP contribution in [0.1, 0.15) is 28.7 Å². The van der Waals surface area contributed by atoms with Gasteiger partial charge in [0.05, 0.1) is 19.8 Å². The van der Waals surface area contributed by atoms with Crippen LogP contribution in [0, 0.1) is 0 Å². The van der Waals surface area contributed by atoms with Gasteiger partial charge in [-0.05, 0) is 35.1 Å². The highest BCUT2D eigenvalue weighted by Gasteiger charge is 2.19. The van der Waals surface area contributed by atoms with E-state index in [9.17, 15) is 0 Å². The third-order valence-corrected chi connectivity index (χ3v) is 3.10. The van der Waals surface area contributed by atoms with Crippen molar-refractivity contribution in [3.63, 3.8) is 0 Å². The first-order valence-corrected chi connectivity index (χ1v) is 5.23. The van der Waals surface area contributed by atoms with Gasteiger partial charge in [0.2, 0.25) is 0 Å². The van der Waals surface area contributed by atoms with Crippen LogP contribution in [0.3, 0.4) is 0 Å². The average molecular weight is 190 g/mol. The van der Waals surface area contributed by atoms with Crippen LogP contribution in [0.25, 0.3) is 0 Å². The standard InChI is InChI=1S/C12H14O2/c1-2-11-9(6-13-5-1)3-4-10-7-14-8-12(10)11/h3-4H,1-2,5-8H2. The monoisotopic (exact) mass is 190 g/mol. The Bertz CT molecular complexity index is 358. The molecule has 2 aliphatic rings.